The quantitative estimate of drug-likeness (QED) is 0.734. The summed E-state index contributed by atoms with van der Waals surface area (Å²) in [5.74, 6) is 1.49. The summed E-state index contributed by atoms with van der Waals surface area (Å²) in [4.78, 5) is 14.4. The van der Waals surface area contributed by atoms with Crippen molar-refractivity contribution in [1.29, 1.82) is 0 Å². The zero-order valence-electron chi connectivity index (χ0n) is 10.5. The standard InChI is InChI=1S/C13H23N3O/c17-13(11-7-14-8-11)15-12-3-5-16(6-4-12)9-10-1-2-10/h10-12,14H,1-9H2,(H,15,17). The fraction of sp³-hybridized carbons (Fsp3) is 0.923. The maximum atomic E-state index is 11.8. The van der Waals surface area contributed by atoms with E-state index >= 15 is 0 Å². The van der Waals surface area contributed by atoms with E-state index in [4.69, 9.17) is 0 Å². The van der Waals surface area contributed by atoms with Gasteiger partial charge < -0.3 is 15.5 Å². The Hall–Kier alpha value is -0.610. The van der Waals surface area contributed by atoms with Crippen molar-refractivity contribution >= 4 is 5.91 Å². The Balaban J connectivity index is 1.36. The lowest BCUT2D eigenvalue weighted by Crippen LogP contribution is -2.54. The van der Waals surface area contributed by atoms with Crippen molar-refractivity contribution < 1.29 is 4.79 Å². The highest BCUT2D eigenvalue weighted by Gasteiger charge is 2.30. The smallest absolute Gasteiger partial charge is 0.225 e. The van der Waals surface area contributed by atoms with Crippen LogP contribution in [0.25, 0.3) is 0 Å². The van der Waals surface area contributed by atoms with Crippen LogP contribution in [0, 0.1) is 11.8 Å². The topological polar surface area (TPSA) is 44.4 Å². The highest BCUT2D eigenvalue weighted by Crippen LogP contribution is 2.30. The van der Waals surface area contributed by atoms with Gasteiger partial charge in [0.1, 0.15) is 0 Å². The maximum absolute atomic E-state index is 11.8. The van der Waals surface area contributed by atoms with Gasteiger partial charge in [-0.3, -0.25) is 4.79 Å². The van der Waals surface area contributed by atoms with Gasteiger partial charge in [-0.1, -0.05) is 0 Å². The first-order valence-corrected chi connectivity index (χ1v) is 7.05. The zero-order valence-corrected chi connectivity index (χ0v) is 10.5. The van der Waals surface area contributed by atoms with E-state index in [1.165, 1.54) is 32.5 Å². The predicted octanol–water partition coefficient (Wildman–Crippen LogP) is 0.196. The number of rotatable bonds is 4. The summed E-state index contributed by atoms with van der Waals surface area (Å²) in [6.07, 6.45) is 5.15. The van der Waals surface area contributed by atoms with Gasteiger partial charge in [-0.15, -0.1) is 0 Å². The molecule has 4 nitrogen and oxygen atoms in total. The molecule has 1 saturated carbocycles. The first-order chi connectivity index (χ1) is 8.31. The van der Waals surface area contributed by atoms with E-state index in [1.807, 2.05) is 0 Å². The summed E-state index contributed by atoms with van der Waals surface area (Å²) in [6.45, 7) is 5.38. The Morgan fingerprint density at radius 3 is 2.41 bits per heavy atom. The molecule has 0 atom stereocenters. The average molecular weight is 237 g/mol. The number of nitrogens with one attached hydrogen (secondary N) is 2. The summed E-state index contributed by atoms with van der Waals surface area (Å²) in [5, 5.41) is 6.35. The lowest BCUT2D eigenvalue weighted by Gasteiger charge is -2.34. The molecule has 0 aromatic heterocycles. The molecule has 17 heavy (non-hydrogen) atoms. The van der Waals surface area contributed by atoms with Crippen LogP contribution in [0.15, 0.2) is 0 Å². The number of hydrogen-bond acceptors (Lipinski definition) is 3. The van der Waals surface area contributed by atoms with E-state index in [9.17, 15) is 4.79 Å². The average Bonchev–Trinajstić information content (AvgIpc) is 3.02. The number of nitrogens with zero attached hydrogens (tertiary/aromatic N) is 1. The Morgan fingerprint density at radius 1 is 1.18 bits per heavy atom. The molecule has 0 aromatic carbocycles. The van der Waals surface area contributed by atoms with Crippen LogP contribution < -0.4 is 10.6 Å². The van der Waals surface area contributed by atoms with Gasteiger partial charge in [-0.2, -0.15) is 0 Å². The highest BCUT2D eigenvalue weighted by molar-refractivity contribution is 5.80. The monoisotopic (exact) mass is 237 g/mol. The third kappa shape index (κ3) is 2.99. The molecule has 0 bridgehead atoms. The second-order valence-electron chi connectivity index (χ2n) is 5.88. The van der Waals surface area contributed by atoms with Gasteiger partial charge in [0.2, 0.25) is 5.91 Å². The molecule has 1 amide bonds. The van der Waals surface area contributed by atoms with Crippen LogP contribution in [0.3, 0.4) is 0 Å². The Bertz CT molecular complexity index is 278. The van der Waals surface area contributed by atoms with Crippen LogP contribution >= 0.6 is 0 Å². The molecule has 2 aliphatic heterocycles. The Morgan fingerprint density at radius 2 is 1.88 bits per heavy atom. The summed E-state index contributed by atoms with van der Waals surface area (Å²) in [5.41, 5.74) is 0. The fourth-order valence-corrected chi connectivity index (χ4v) is 2.72. The van der Waals surface area contributed by atoms with E-state index in [1.54, 1.807) is 0 Å². The molecule has 4 heteroatoms. The van der Waals surface area contributed by atoms with Gasteiger partial charge in [-0.05, 0) is 31.6 Å². The van der Waals surface area contributed by atoms with Crippen molar-refractivity contribution in [3.05, 3.63) is 0 Å². The molecule has 0 spiro atoms. The molecule has 0 radical (unpaired) electrons. The summed E-state index contributed by atoms with van der Waals surface area (Å²) in [6, 6.07) is 0.429. The minimum Gasteiger partial charge on any atom is -0.353 e. The number of amides is 1. The summed E-state index contributed by atoms with van der Waals surface area (Å²) >= 11 is 0. The van der Waals surface area contributed by atoms with E-state index in [2.05, 4.69) is 15.5 Å². The van der Waals surface area contributed by atoms with Gasteiger partial charge >= 0.3 is 0 Å². The number of piperidine rings is 1. The van der Waals surface area contributed by atoms with Crippen LogP contribution in [-0.4, -0.2) is 49.6 Å². The molecule has 0 unspecified atom stereocenters. The molecule has 3 rings (SSSR count). The highest BCUT2D eigenvalue weighted by atomic mass is 16.2. The van der Waals surface area contributed by atoms with E-state index in [-0.39, 0.29) is 11.8 Å². The second kappa shape index (κ2) is 4.94. The minimum absolute atomic E-state index is 0.236. The number of hydrogen-bond donors (Lipinski definition) is 2. The second-order valence-corrected chi connectivity index (χ2v) is 5.88. The molecule has 1 aliphatic carbocycles. The van der Waals surface area contributed by atoms with Crippen LogP contribution in [0.4, 0.5) is 0 Å². The van der Waals surface area contributed by atoms with E-state index < -0.39 is 0 Å². The number of carbonyl (C=O) groups is 1. The molecule has 0 aromatic rings. The number of carbonyl (C=O) groups excluding carboxylic acids is 1. The maximum Gasteiger partial charge on any atom is 0.225 e. The van der Waals surface area contributed by atoms with E-state index in [0.29, 0.717) is 6.04 Å². The molecule has 3 aliphatic rings. The van der Waals surface area contributed by atoms with Crippen molar-refractivity contribution in [1.82, 2.24) is 15.5 Å². The fourth-order valence-electron chi connectivity index (χ4n) is 2.72. The largest absolute Gasteiger partial charge is 0.353 e. The zero-order chi connectivity index (χ0) is 11.7. The predicted molar refractivity (Wildman–Crippen MR) is 66.7 cm³/mol. The van der Waals surface area contributed by atoms with Gasteiger partial charge in [0.15, 0.2) is 0 Å². The Kier molecular flexibility index (Phi) is 3.34. The van der Waals surface area contributed by atoms with Gasteiger partial charge in [-0.25, -0.2) is 0 Å². The molecule has 2 N–H and O–H groups in total. The molecule has 3 fully saturated rings. The van der Waals surface area contributed by atoms with Crippen LogP contribution in [-0.2, 0) is 4.79 Å². The molecular weight excluding hydrogens is 214 g/mol. The van der Waals surface area contributed by atoms with Crippen molar-refractivity contribution in [3.8, 4) is 0 Å². The summed E-state index contributed by atoms with van der Waals surface area (Å²) in [7, 11) is 0. The lowest BCUT2D eigenvalue weighted by atomic mass is 9.99. The third-order valence-corrected chi connectivity index (χ3v) is 4.30. The Labute approximate surface area is 103 Å². The molecule has 96 valence electrons. The molecular formula is C13H23N3O. The number of likely N-dealkylation sites (tertiary alicyclic amines) is 1. The minimum atomic E-state index is 0.236. The SMILES string of the molecule is O=C(NC1CCN(CC2CC2)CC1)C1CNC1. The van der Waals surface area contributed by atoms with Crippen molar-refractivity contribution in [2.24, 2.45) is 11.8 Å². The van der Waals surface area contributed by atoms with Crippen molar-refractivity contribution in [3.63, 3.8) is 0 Å². The van der Waals surface area contributed by atoms with Crippen molar-refractivity contribution in [2.75, 3.05) is 32.7 Å². The third-order valence-electron chi connectivity index (χ3n) is 4.30. The van der Waals surface area contributed by atoms with Crippen LogP contribution in [0.1, 0.15) is 25.7 Å². The molecule has 2 heterocycles. The van der Waals surface area contributed by atoms with E-state index in [0.717, 1.165) is 31.8 Å². The first-order valence-electron chi connectivity index (χ1n) is 7.05. The van der Waals surface area contributed by atoms with Crippen molar-refractivity contribution in [2.45, 2.75) is 31.7 Å². The lowest BCUT2D eigenvalue weighted by molar-refractivity contribution is -0.127. The van der Waals surface area contributed by atoms with Gasteiger partial charge in [0.25, 0.3) is 0 Å². The van der Waals surface area contributed by atoms with Crippen LogP contribution in [0.5, 0.6) is 0 Å². The molecule has 2 saturated heterocycles. The van der Waals surface area contributed by atoms with Crippen LogP contribution in [0.2, 0.25) is 0 Å². The van der Waals surface area contributed by atoms with Gasteiger partial charge in [0.05, 0.1) is 5.92 Å². The van der Waals surface area contributed by atoms with Gasteiger partial charge in [0, 0.05) is 38.8 Å². The summed E-state index contributed by atoms with van der Waals surface area (Å²) < 4.78 is 0. The first kappa shape index (κ1) is 11.5. The normalized spacial score (nSPS) is 27.8.